The summed E-state index contributed by atoms with van der Waals surface area (Å²) in [4.78, 5) is 26.3. The summed E-state index contributed by atoms with van der Waals surface area (Å²) >= 11 is 0. The van der Waals surface area contributed by atoms with Gasteiger partial charge in [-0.05, 0) is 43.7 Å². The standard InChI is InChI=1S/C17H17NO5.C9H19NO/c1-18-7-12(10-2-3-13-14(6-10)23-9-22-13)15(17(19)20)16(18)11-4-5-21-8-11;1-3-5-7-10(9-11)8-6-4-2/h2-6,8,12,15-16H,7,9H2,1H3,(H,19,20);9H,3-8H2,1-2H3. The zero-order chi connectivity index (χ0) is 24.5. The number of rotatable bonds is 10. The van der Waals surface area contributed by atoms with Crippen LogP contribution >= 0.6 is 0 Å². The molecule has 186 valence electrons. The minimum Gasteiger partial charge on any atom is -0.481 e. The second kappa shape index (κ2) is 12.5. The molecule has 2 aromatic rings. The van der Waals surface area contributed by atoms with Gasteiger partial charge in [-0.1, -0.05) is 32.8 Å². The number of amides is 1. The molecular weight excluding hydrogens is 436 g/mol. The van der Waals surface area contributed by atoms with Crippen molar-refractivity contribution in [2.45, 2.75) is 51.5 Å². The number of hydrogen-bond acceptors (Lipinski definition) is 6. The van der Waals surface area contributed by atoms with E-state index in [1.54, 1.807) is 12.5 Å². The van der Waals surface area contributed by atoms with Crippen molar-refractivity contribution < 1.29 is 28.6 Å². The molecule has 0 bridgehead atoms. The Hall–Kier alpha value is -3.00. The van der Waals surface area contributed by atoms with Gasteiger partial charge in [0, 0.05) is 31.1 Å². The predicted molar refractivity (Wildman–Crippen MR) is 128 cm³/mol. The molecule has 2 aliphatic rings. The molecular formula is C26H36N2O6. The van der Waals surface area contributed by atoms with Crippen molar-refractivity contribution in [3.8, 4) is 11.5 Å². The van der Waals surface area contributed by atoms with Gasteiger partial charge < -0.3 is 23.9 Å². The molecule has 0 spiro atoms. The Morgan fingerprint density at radius 3 is 2.41 bits per heavy atom. The van der Waals surface area contributed by atoms with E-state index in [9.17, 15) is 14.7 Å². The van der Waals surface area contributed by atoms with Crippen LogP contribution < -0.4 is 9.47 Å². The first-order valence-electron chi connectivity index (χ1n) is 12.0. The van der Waals surface area contributed by atoms with Gasteiger partial charge in [0.25, 0.3) is 0 Å². The molecule has 8 heteroatoms. The number of carboxylic acids is 1. The van der Waals surface area contributed by atoms with E-state index in [0.717, 1.165) is 56.3 Å². The number of hydrogen-bond donors (Lipinski definition) is 1. The van der Waals surface area contributed by atoms with Gasteiger partial charge in [0.1, 0.15) is 0 Å². The molecule has 2 aliphatic heterocycles. The maximum atomic E-state index is 12.0. The van der Waals surface area contributed by atoms with Crippen molar-refractivity contribution in [3.05, 3.63) is 47.9 Å². The summed E-state index contributed by atoms with van der Waals surface area (Å²) in [6.45, 7) is 7.02. The third-order valence-electron chi connectivity index (χ3n) is 6.47. The highest BCUT2D eigenvalue weighted by molar-refractivity contribution is 5.73. The molecule has 0 aliphatic carbocycles. The average molecular weight is 473 g/mol. The van der Waals surface area contributed by atoms with Crippen molar-refractivity contribution in [3.63, 3.8) is 0 Å². The minimum atomic E-state index is -0.803. The monoisotopic (exact) mass is 472 g/mol. The van der Waals surface area contributed by atoms with E-state index in [-0.39, 0.29) is 18.8 Å². The highest BCUT2D eigenvalue weighted by atomic mass is 16.7. The summed E-state index contributed by atoms with van der Waals surface area (Å²) < 4.78 is 15.9. The van der Waals surface area contributed by atoms with Crippen LogP contribution in [0.15, 0.2) is 41.2 Å². The molecule has 1 aromatic carbocycles. The molecule has 3 unspecified atom stereocenters. The fourth-order valence-electron chi connectivity index (χ4n) is 4.64. The lowest BCUT2D eigenvalue weighted by Crippen LogP contribution is -2.26. The number of nitrogens with zero attached hydrogens (tertiary/aromatic N) is 2. The lowest BCUT2D eigenvalue weighted by Gasteiger charge is -2.22. The molecule has 1 saturated heterocycles. The second-order valence-corrected chi connectivity index (χ2v) is 8.87. The first-order valence-corrected chi connectivity index (χ1v) is 12.0. The summed E-state index contributed by atoms with van der Waals surface area (Å²) in [5, 5.41) is 9.81. The fraction of sp³-hybridized carbons (Fsp3) is 0.538. The van der Waals surface area contributed by atoms with Crippen LogP contribution in [0.5, 0.6) is 11.5 Å². The number of carboxylic acid groups (broad SMARTS) is 1. The predicted octanol–water partition coefficient (Wildman–Crippen LogP) is 4.52. The van der Waals surface area contributed by atoms with Crippen molar-refractivity contribution >= 4 is 12.4 Å². The third-order valence-corrected chi connectivity index (χ3v) is 6.47. The molecule has 1 amide bonds. The molecule has 3 atom stereocenters. The SMILES string of the molecule is CCCCN(C=O)CCCC.CN1CC(c2ccc3c(c2)OCO3)C(C(=O)O)C1c1ccoc1. The average Bonchev–Trinajstić information content (AvgIpc) is 3.58. The number of likely N-dealkylation sites (tertiary alicyclic amines) is 1. The maximum absolute atomic E-state index is 12.0. The van der Waals surface area contributed by atoms with Gasteiger partial charge in [-0.25, -0.2) is 0 Å². The van der Waals surface area contributed by atoms with Crippen molar-refractivity contribution in [1.29, 1.82) is 0 Å². The Labute approximate surface area is 201 Å². The molecule has 1 fully saturated rings. The Morgan fingerprint density at radius 1 is 1.12 bits per heavy atom. The Morgan fingerprint density at radius 2 is 1.82 bits per heavy atom. The lowest BCUT2D eigenvalue weighted by atomic mass is 9.83. The number of benzene rings is 1. The number of unbranched alkanes of at least 4 members (excludes halogenated alkanes) is 2. The molecule has 1 N–H and O–H groups in total. The summed E-state index contributed by atoms with van der Waals surface area (Å²) in [5.74, 6) is -0.0764. The van der Waals surface area contributed by atoms with Crippen LogP contribution in [-0.2, 0) is 9.59 Å². The van der Waals surface area contributed by atoms with E-state index >= 15 is 0 Å². The van der Waals surface area contributed by atoms with Gasteiger partial charge in [0.15, 0.2) is 11.5 Å². The largest absolute Gasteiger partial charge is 0.481 e. The molecule has 0 radical (unpaired) electrons. The summed E-state index contributed by atoms with van der Waals surface area (Å²) in [5.41, 5.74) is 1.85. The number of carbonyl (C=O) groups is 2. The number of aliphatic carboxylic acids is 1. The number of ether oxygens (including phenoxy) is 2. The van der Waals surface area contributed by atoms with Crippen LogP contribution in [0.25, 0.3) is 0 Å². The number of fused-ring (bicyclic) bond motifs is 1. The van der Waals surface area contributed by atoms with Crippen LogP contribution in [0.4, 0.5) is 0 Å². The normalized spacial score (nSPS) is 21.1. The van der Waals surface area contributed by atoms with Crippen molar-refractivity contribution in [2.75, 3.05) is 33.5 Å². The Bertz CT molecular complexity index is 908. The number of furan rings is 1. The van der Waals surface area contributed by atoms with Crippen LogP contribution in [0, 0.1) is 5.92 Å². The fourth-order valence-corrected chi connectivity index (χ4v) is 4.64. The summed E-state index contributed by atoms with van der Waals surface area (Å²) in [6.07, 6.45) is 8.75. The van der Waals surface area contributed by atoms with E-state index in [1.807, 2.05) is 36.2 Å². The Kier molecular flexibility index (Phi) is 9.39. The molecule has 34 heavy (non-hydrogen) atoms. The van der Waals surface area contributed by atoms with Crippen molar-refractivity contribution in [1.82, 2.24) is 9.80 Å². The quantitative estimate of drug-likeness (QED) is 0.508. The topological polar surface area (TPSA) is 92.5 Å². The van der Waals surface area contributed by atoms with E-state index < -0.39 is 11.9 Å². The van der Waals surface area contributed by atoms with E-state index in [4.69, 9.17) is 13.9 Å². The first-order chi connectivity index (χ1) is 16.5. The molecule has 0 saturated carbocycles. The molecule has 1 aromatic heterocycles. The number of likely N-dealkylation sites (N-methyl/N-ethyl adjacent to an activating group) is 1. The zero-order valence-electron chi connectivity index (χ0n) is 20.3. The lowest BCUT2D eigenvalue weighted by molar-refractivity contribution is -0.143. The summed E-state index contributed by atoms with van der Waals surface area (Å²) in [6, 6.07) is 7.30. The van der Waals surface area contributed by atoms with E-state index in [0.29, 0.717) is 18.0 Å². The van der Waals surface area contributed by atoms with Crippen LogP contribution in [0.1, 0.15) is 62.6 Å². The molecule has 3 heterocycles. The smallest absolute Gasteiger partial charge is 0.309 e. The van der Waals surface area contributed by atoms with Gasteiger partial charge in [-0.3, -0.25) is 14.5 Å². The van der Waals surface area contributed by atoms with Gasteiger partial charge in [0.05, 0.1) is 24.5 Å². The minimum absolute atomic E-state index is 0.119. The van der Waals surface area contributed by atoms with E-state index in [2.05, 4.69) is 18.7 Å². The molecule has 4 rings (SSSR count). The van der Waals surface area contributed by atoms with Gasteiger partial charge in [0.2, 0.25) is 13.2 Å². The van der Waals surface area contributed by atoms with Crippen LogP contribution in [0.2, 0.25) is 0 Å². The zero-order valence-corrected chi connectivity index (χ0v) is 20.3. The van der Waals surface area contributed by atoms with Gasteiger partial charge >= 0.3 is 5.97 Å². The van der Waals surface area contributed by atoms with Gasteiger partial charge in [-0.15, -0.1) is 0 Å². The van der Waals surface area contributed by atoms with Crippen LogP contribution in [-0.4, -0.2) is 60.8 Å². The third kappa shape index (κ3) is 6.11. The Balaban J connectivity index is 0.000000252. The van der Waals surface area contributed by atoms with Gasteiger partial charge in [-0.2, -0.15) is 0 Å². The van der Waals surface area contributed by atoms with Crippen molar-refractivity contribution in [2.24, 2.45) is 5.92 Å². The summed E-state index contributed by atoms with van der Waals surface area (Å²) in [7, 11) is 1.95. The first kappa shape index (κ1) is 25.6. The van der Waals surface area contributed by atoms with E-state index in [1.165, 1.54) is 0 Å². The number of carbonyl (C=O) groups excluding carboxylic acids is 1. The highest BCUT2D eigenvalue weighted by Gasteiger charge is 2.46. The molecule has 8 nitrogen and oxygen atoms in total. The second-order valence-electron chi connectivity index (χ2n) is 8.87. The highest BCUT2D eigenvalue weighted by Crippen LogP contribution is 2.46. The maximum Gasteiger partial charge on any atom is 0.309 e. The van der Waals surface area contributed by atoms with Crippen LogP contribution in [0.3, 0.4) is 0 Å².